The molecule has 4 N–H and O–H groups in total. The van der Waals surface area contributed by atoms with Crippen molar-refractivity contribution in [1.29, 1.82) is 0 Å². The molecule has 0 saturated heterocycles. The molecule has 33 heavy (non-hydrogen) atoms. The number of hydrogen-bond donors (Lipinski definition) is 4. The fraction of sp³-hybridized carbons (Fsp3) is 0.429. The van der Waals surface area contributed by atoms with E-state index in [0.717, 1.165) is 25.3 Å². The normalized spacial score (nSPS) is 20.1. The van der Waals surface area contributed by atoms with Crippen LogP contribution in [-0.4, -0.2) is 29.4 Å². The Morgan fingerprint density at radius 1 is 1.18 bits per heavy atom. The van der Waals surface area contributed by atoms with Crippen LogP contribution in [0.25, 0.3) is 0 Å². The zero-order valence-corrected chi connectivity index (χ0v) is 21.3. The number of rotatable bonds is 8. The molecule has 0 heterocycles. The van der Waals surface area contributed by atoms with Crippen molar-refractivity contribution in [2.24, 2.45) is 11.8 Å². The maximum absolute atomic E-state index is 13.0. The van der Waals surface area contributed by atoms with Crippen LogP contribution in [0.2, 0.25) is 10.0 Å². The van der Waals surface area contributed by atoms with Crippen LogP contribution in [0.1, 0.15) is 38.7 Å². The Morgan fingerprint density at radius 2 is 1.82 bits per heavy atom. The molecule has 0 aliphatic heterocycles. The van der Waals surface area contributed by atoms with Gasteiger partial charge in [-0.25, -0.2) is 13.1 Å². The number of phenolic OH excluding ortho intramolecular Hbond substituents is 1. The summed E-state index contributed by atoms with van der Waals surface area (Å²) in [6, 6.07) is 6.03. The van der Waals surface area contributed by atoms with Crippen LogP contribution in [-0.2, 0) is 20.8 Å². The molecular weight excluding hydrogens is 512 g/mol. The lowest BCUT2D eigenvalue weighted by atomic mass is 9.99. The van der Waals surface area contributed by atoms with Gasteiger partial charge >= 0.3 is 7.60 Å². The summed E-state index contributed by atoms with van der Waals surface area (Å²) in [5.74, 6) is 0.385. The third-order valence-corrected chi connectivity index (χ3v) is 8.60. The average Bonchev–Trinajstić information content (AvgIpc) is 3.11. The Kier molecular flexibility index (Phi) is 8.06. The summed E-state index contributed by atoms with van der Waals surface area (Å²) >= 11 is 12.4. The van der Waals surface area contributed by atoms with E-state index in [9.17, 15) is 18.1 Å². The van der Waals surface area contributed by atoms with Crippen molar-refractivity contribution in [2.45, 2.75) is 50.2 Å². The summed E-state index contributed by atoms with van der Waals surface area (Å²) in [4.78, 5) is 17.9. The molecule has 1 saturated carbocycles. The number of hydrogen-bond acceptors (Lipinski definition) is 5. The number of benzene rings is 2. The lowest BCUT2D eigenvalue weighted by molar-refractivity contribution is 0.371. The standard InChI is InChI=1S/C21H26Cl2NO7PS/c1-12-3-4-15(7-12)13(2)24-33(29,30)20-10-16(5-6-19(20)25)31-21-17(22)8-14(9-18(21)23)11-32(26,27)28/h5-6,8-10,12-13,15,24-25H,3-4,7,11H2,1-2H3,(H2,26,27,28). The van der Waals surface area contributed by atoms with Gasteiger partial charge in [-0.05, 0) is 61.4 Å². The van der Waals surface area contributed by atoms with E-state index in [4.69, 9.17) is 37.7 Å². The predicted octanol–water partition coefficient (Wildman–Crippen LogP) is 5.27. The Morgan fingerprint density at radius 3 is 2.36 bits per heavy atom. The Hall–Kier alpha value is -1.32. The maximum atomic E-state index is 13.0. The lowest BCUT2D eigenvalue weighted by Crippen LogP contribution is -2.37. The zero-order valence-electron chi connectivity index (χ0n) is 18.0. The highest BCUT2D eigenvalue weighted by molar-refractivity contribution is 7.89. The highest BCUT2D eigenvalue weighted by Gasteiger charge is 2.30. The van der Waals surface area contributed by atoms with E-state index in [-0.39, 0.29) is 44.0 Å². The first-order valence-corrected chi connectivity index (χ1v) is 14.3. The summed E-state index contributed by atoms with van der Waals surface area (Å²) < 4.78 is 45.5. The molecule has 0 amide bonds. The van der Waals surface area contributed by atoms with E-state index in [2.05, 4.69) is 11.6 Å². The van der Waals surface area contributed by atoms with Gasteiger partial charge in [-0.3, -0.25) is 4.57 Å². The Labute approximate surface area is 203 Å². The van der Waals surface area contributed by atoms with Crippen LogP contribution < -0.4 is 9.46 Å². The van der Waals surface area contributed by atoms with Gasteiger partial charge in [0.05, 0.1) is 16.2 Å². The Bertz CT molecular complexity index is 1160. The highest BCUT2D eigenvalue weighted by Crippen LogP contribution is 2.44. The second kappa shape index (κ2) is 10.1. The molecule has 0 bridgehead atoms. The molecule has 8 nitrogen and oxygen atoms in total. The molecule has 182 valence electrons. The summed E-state index contributed by atoms with van der Waals surface area (Å²) in [6.07, 6.45) is 2.39. The van der Waals surface area contributed by atoms with Crippen molar-refractivity contribution in [2.75, 3.05) is 0 Å². The Balaban J connectivity index is 1.84. The third kappa shape index (κ3) is 6.85. The molecular formula is C21H26Cl2NO7PS. The van der Waals surface area contributed by atoms with Gasteiger partial charge in [0.25, 0.3) is 0 Å². The molecule has 0 aromatic heterocycles. The van der Waals surface area contributed by atoms with Crippen LogP contribution in [0.3, 0.4) is 0 Å². The van der Waals surface area contributed by atoms with Crippen molar-refractivity contribution in [3.63, 3.8) is 0 Å². The van der Waals surface area contributed by atoms with E-state index in [1.807, 2.05) is 6.92 Å². The number of sulfonamides is 1. The van der Waals surface area contributed by atoms with Gasteiger partial charge in [0.1, 0.15) is 16.4 Å². The van der Waals surface area contributed by atoms with E-state index < -0.39 is 29.5 Å². The van der Waals surface area contributed by atoms with Gasteiger partial charge in [0, 0.05) is 12.1 Å². The van der Waals surface area contributed by atoms with Crippen LogP contribution in [0.15, 0.2) is 35.2 Å². The molecule has 2 aromatic carbocycles. The fourth-order valence-electron chi connectivity index (χ4n) is 4.04. The van der Waals surface area contributed by atoms with Crippen molar-refractivity contribution < 1.29 is 32.6 Å². The largest absolute Gasteiger partial charge is 0.507 e. The smallest absolute Gasteiger partial charge is 0.329 e. The van der Waals surface area contributed by atoms with E-state index in [1.54, 1.807) is 0 Å². The monoisotopic (exact) mass is 537 g/mol. The van der Waals surface area contributed by atoms with Crippen molar-refractivity contribution in [3.05, 3.63) is 45.9 Å². The highest BCUT2D eigenvalue weighted by atomic mass is 35.5. The minimum absolute atomic E-state index is 0.00877. The van der Waals surface area contributed by atoms with Gasteiger partial charge in [-0.1, -0.05) is 36.5 Å². The molecule has 3 unspecified atom stereocenters. The topological polar surface area (TPSA) is 133 Å². The number of phenols is 1. The van der Waals surface area contributed by atoms with Crippen molar-refractivity contribution in [3.8, 4) is 17.2 Å². The molecule has 12 heteroatoms. The molecule has 0 spiro atoms. The first-order valence-electron chi connectivity index (χ1n) is 10.3. The van der Waals surface area contributed by atoms with E-state index >= 15 is 0 Å². The summed E-state index contributed by atoms with van der Waals surface area (Å²) in [5.41, 5.74) is 0.221. The quantitative estimate of drug-likeness (QED) is 0.337. The van der Waals surface area contributed by atoms with E-state index in [0.29, 0.717) is 5.92 Å². The molecule has 0 radical (unpaired) electrons. The van der Waals surface area contributed by atoms with Gasteiger partial charge in [0.2, 0.25) is 10.0 Å². The van der Waals surface area contributed by atoms with Gasteiger partial charge in [0.15, 0.2) is 5.75 Å². The number of aromatic hydroxyl groups is 1. The predicted molar refractivity (Wildman–Crippen MR) is 127 cm³/mol. The molecule has 1 aliphatic rings. The first kappa shape index (κ1) is 26.3. The lowest BCUT2D eigenvalue weighted by Gasteiger charge is -2.21. The van der Waals surface area contributed by atoms with Crippen molar-refractivity contribution >= 4 is 40.8 Å². The summed E-state index contributed by atoms with van der Waals surface area (Å²) in [6.45, 7) is 3.96. The third-order valence-electron chi connectivity index (χ3n) is 5.67. The molecule has 1 aliphatic carbocycles. The summed E-state index contributed by atoms with van der Waals surface area (Å²) in [5, 5.41) is 10.2. The maximum Gasteiger partial charge on any atom is 0.329 e. The second-order valence-corrected chi connectivity index (χ2v) is 12.7. The molecule has 2 aromatic rings. The fourth-order valence-corrected chi connectivity index (χ4v) is 6.73. The van der Waals surface area contributed by atoms with Crippen molar-refractivity contribution in [1.82, 2.24) is 4.72 Å². The van der Waals surface area contributed by atoms with Crippen LogP contribution in [0.5, 0.6) is 17.2 Å². The average molecular weight is 538 g/mol. The SMILES string of the molecule is CC1CCC(C(C)NS(=O)(=O)c2cc(Oc3c(Cl)cc(CP(=O)(O)O)cc3Cl)ccc2O)C1. The van der Waals surface area contributed by atoms with Gasteiger partial charge in [-0.15, -0.1) is 0 Å². The molecule has 1 fully saturated rings. The van der Waals surface area contributed by atoms with Crippen LogP contribution >= 0.6 is 30.8 Å². The number of halogens is 2. The van der Waals surface area contributed by atoms with Gasteiger partial charge in [-0.2, -0.15) is 0 Å². The van der Waals surface area contributed by atoms with Crippen LogP contribution in [0, 0.1) is 11.8 Å². The van der Waals surface area contributed by atoms with E-state index in [1.165, 1.54) is 24.3 Å². The number of nitrogens with one attached hydrogen (secondary N) is 1. The number of ether oxygens (including phenoxy) is 1. The first-order chi connectivity index (χ1) is 15.2. The molecule has 3 rings (SSSR count). The minimum atomic E-state index is -4.32. The van der Waals surface area contributed by atoms with Crippen LogP contribution in [0.4, 0.5) is 0 Å². The zero-order chi connectivity index (χ0) is 24.6. The second-order valence-electron chi connectivity index (χ2n) is 8.53. The minimum Gasteiger partial charge on any atom is -0.507 e. The molecule has 3 atom stereocenters. The summed E-state index contributed by atoms with van der Waals surface area (Å²) in [7, 11) is -8.36. The van der Waals surface area contributed by atoms with Gasteiger partial charge < -0.3 is 19.6 Å².